The molecule has 2 heterocycles. The number of hydrogen-bond donors (Lipinski definition) is 0. The normalized spacial score (nSPS) is 10.5. The quantitative estimate of drug-likeness (QED) is 0.390. The second-order valence-corrected chi connectivity index (χ2v) is 7.12. The fourth-order valence-corrected chi connectivity index (χ4v) is 4.10. The van der Waals surface area contributed by atoms with Gasteiger partial charge in [-0.1, -0.05) is 0 Å². The van der Waals surface area contributed by atoms with E-state index in [0.29, 0.717) is 5.56 Å². The maximum absolute atomic E-state index is 13.9. The Morgan fingerprint density at radius 2 is 1.55 bits per heavy atom. The van der Waals surface area contributed by atoms with E-state index in [0.717, 1.165) is 14.6 Å². The van der Waals surface area contributed by atoms with Crippen molar-refractivity contribution in [2.45, 2.75) is 6.92 Å². The summed E-state index contributed by atoms with van der Waals surface area (Å²) in [6, 6.07) is 10.5. The number of isothiocyanates is 1. The van der Waals surface area contributed by atoms with Crippen molar-refractivity contribution in [2.75, 3.05) is 0 Å². The lowest BCUT2D eigenvalue weighted by Crippen LogP contribution is -1.85. The lowest BCUT2D eigenvalue weighted by atomic mass is 10.1. The standard InChI is InChI=1S/C16H9F2NS3/c1-9-2-3-14(21-9)15-5-4-13(22-15)10-6-11(17)16(19-8-20)12(18)7-10/h2-7H,1H3. The molecule has 0 bridgehead atoms. The number of thiophene rings is 2. The van der Waals surface area contributed by atoms with Crippen LogP contribution in [0.2, 0.25) is 0 Å². The Morgan fingerprint density at radius 3 is 2.14 bits per heavy atom. The predicted octanol–water partition coefficient (Wildman–Crippen LogP) is 6.46. The van der Waals surface area contributed by atoms with Gasteiger partial charge in [0.2, 0.25) is 0 Å². The van der Waals surface area contributed by atoms with Crippen LogP contribution in [0.3, 0.4) is 0 Å². The summed E-state index contributed by atoms with van der Waals surface area (Å²) in [6.45, 7) is 2.04. The van der Waals surface area contributed by atoms with E-state index in [1.807, 2.05) is 30.3 Å². The summed E-state index contributed by atoms with van der Waals surface area (Å²) in [5.74, 6) is -1.48. The summed E-state index contributed by atoms with van der Waals surface area (Å²) < 4.78 is 27.8. The Hall–Kier alpha value is -1.72. The van der Waals surface area contributed by atoms with E-state index in [1.54, 1.807) is 11.3 Å². The molecule has 110 valence electrons. The van der Waals surface area contributed by atoms with Gasteiger partial charge >= 0.3 is 0 Å². The van der Waals surface area contributed by atoms with E-state index >= 15 is 0 Å². The van der Waals surface area contributed by atoms with Crippen molar-refractivity contribution in [1.82, 2.24) is 0 Å². The number of nitrogens with zero attached hydrogens (tertiary/aromatic N) is 1. The Labute approximate surface area is 139 Å². The molecule has 2 aromatic heterocycles. The van der Waals surface area contributed by atoms with Gasteiger partial charge in [0.15, 0.2) is 11.6 Å². The van der Waals surface area contributed by atoms with Crippen molar-refractivity contribution in [2.24, 2.45) is 4.99 Å². The van der Waals surface area contributed by atoms with Crippen molar-refractivity contribution in [3.63, 3.8) is 0 Å². The molecular formula is C16H9F2NS3. The molecule has 3 rings (SSSR count). The molecule has 0 saturated heterocycles. The zero-order valence-corrected chi connectivity index (χ0v) is 13.8. The zero-order valence-electron chi connectivity index (χ0n) is 11.4. The fourth-order valence-electron chi connectivity index (χ4n) is 2.05. The van der Waals surface area contributed by atoms with Crippen LogP contribution in [0.1, 0.15) is 4.88 Å². The van der Waals surface area contributed by atoms with Crippen LogP contribution in [0.15, 0.2) is 41.4 Å². The minimum absolute atomic E-state index is 0.399. The molecule has 0 amide bonds. The molecule has 0 aliphatic heterocycles. The third kappa shape index (κ3) is 2.91. The van der Waals surface area contributed by atoms with E-state index in [-0.39, 0.29) is 0 Å². The van der Waals surface area contributed by atoms with Crippen molar-refractivity contribution >= 4 is 45.7 Å². The highest BCUT2D eigenvalue weighted by Gasteiger charge is 2.13. The molecule has 3 aromatic rings. The largest absolute Gasteiger partial charge is 0.204 e. The third-order valence-corrected chi connectivity index (χ3v) is 5.47. The number of benzene rings is 1. The highest BCUT2D eigenvalue weighted by molar-refractivity contribution is 7.78. The monoisotopic (exact) mass is 349 g/mol. The summed E-state index contributed by atoms with van der Waals surface area (Å²) in [5.41, 5.74) is 0.0901. The first-order valence-electron chi connectivity index (χ1n) is 6.32. The average Bonchev–Trinajstić information content (AvgIpc) is 3.11. The van der Waals surface area contributed by atoms with E-state index in [2.05, 4.69) is 23.3 Å². The van der Waals surface area contributed by atoms with Crippen LogP contribution < -0.4 is 0 Å². The molecule has 0 spiro atoms. The second kappa shape index (κ2) is 6.18. The summed E-state index contributed by atoms with van der Waals surface area (Å²) in [4.78, 5) is 7.67. The molecule has 0 atom stereocenters. The minimum Gasteiger partial charge on any atom is -0.204 e. The first-order chi connectivity index (χ1) is 10.6. The Morgan fingerprint density at radius 1 is 0.955 bits per heavy atom. The van der Waals surface area contributed by atoms with Crippen LogP contribution in [0.25, 0.3) is 20.2 Å². The Balaban J connectivity index is 2.02. The molecule has 22 heavy (non-hydrogen) atoms. The minimum atomic E-state index is -0.741. The number of halogens is 2. The third-order valence-electron chi connectivity index (χ3n) is 3.05. The van der Waals surface area contributed by atoms with E-state index < -0.39 is 17.3 Å². The smallest absolute Gasteiger partial charge is 0.153 e. The van der Waals surface area contributed by atoms with Crippen molar-refractivity contribution in [1.29, 1.82) is 0 Å². The fraction of sp³-hybridized carbons (Fsp3) is 0.0625. The van der Waals surface area contributed by atoms with Crippen LogP contribution in [0.4, 0.5) is 14.5 Å². The predicted molar refractivity (Wildman–Crippen MR) is 92.4 cm³/mol. The van der Waals surface area contributed by atoms with Crippen LogP contribution in [-0.4, -0.2) is 5.16 Å². The summed E-state index contributed by atoms with van der Waals surface area (Å²) >= 11 is 7.58. The lowest BCUT2D eigenvalue weighted by Gasteiger charge is -2.02. The summed E-state index contributed by atoms with van der Waals surface area (Å²) in [7, 11) is 0. The lowest BCUT2D eigenvalue weighted by molar-refractivity contribution is 0.588. The van der Waals surface area contributed by atoms with Gasteiger partial charge in [-0.15, -0.1) is 22.7 Å². The van der Waals surface area contributed by atoms with E-state index in [9.17, 15) is 8.78 Å². The van der Waals surface area contributed by atoms with Gasteiger partial charge in [0, 0.05) is 19.5 Å². The first-order valence-corrected chi connectivity index (χ1v) is 8.36. The van der Waals surface area contributed by atoms with Crippen LogP contribution in [0.5, 0.6) is 0 Å². The molecule has 0 unspecified atom stereocenters. The van der Waals surface area contributed by atoms with Crippen molar-refractivity contribution in [3.05, 3.63) is 52.9 Å². The van der Waals surface area contributed by atoms with Crippen LogP contribution in [-0.2, 0) is 0 Å². The number of thiocarbonyl (C=S) groups is 1. The molecule has 0 aliphatic carbocycles. The Kier molecular flexibility index (Phi) is 4.27. The van der Waals surface area contributed by atoms with Crippen molar-refractivity contribution in [3.8, 4) is 20.2 Å². The van der Waals surface area contributed by atoms with Gasteiger partial charge in [-0.2, -0.15) is 4.99 Å². The highest BCUT2D eigenvalue weighted by Crippen LogP contribution is 2.39. The first kappa shape index (κ1) is 15.2. The van der Waals surface area contributed by atoms with Gasteiger partial charge in [0.25, 0.3) is 0 Å². The maximum atomic E-state index is 13.9. The average molecular weight is 349 g/mol. The van der Waals surface area contributed by atoms with Gasteiger partial charge < -0.3 is 0 Å². The topological polar surface area (TPSA) is 12.4 Å². The number of hydrogen-bond acceptors (Lipinski definition) is 4. The molecule has 6 heteroatoms. The molecule has 0 aliphatic rings. The van der Waals surface area contributed by atoms with E-state index in [4.69, 9.17) is 0 Å². The second-order valence-electron chi connectivity index (χ2n) is 4.57. The molecule has 0 N–H and O–H groups in total. The SMILES string of the molecule is Cc1ccc(-c2ccc(-c3cc(F)c(N=C=S)c(F)c3)s2)s1. The van der Waals surface area contributed by atoms with Crippen molar-refractivity contribution < 1.29 is 8.78 Å². The molecular weight excluding hydrogens is 340 g/mol. The molecule has 0 fully saturated rings. The van der Waals surface area contributed by atoms with Crippen LogP contribution >= 0.6 is 34.9 Å². The van der Waals surface area contributed by atoms with Gasteiger partial charge in [-0.3, -0.25) is 0 Å². The summed E-state index contributed by atoms with van der Waals surface area (Å²) in [6.07, 6.45) is 0. The number of aliphatic imine (C=N–C) groups is 1. The zero-order chi connectivity index (χ0) is 15.7. The van der Waals surface area contributed by atoms with Gasteiger partial charge in [-0.25, -0.2) is 8.78 Å². The molecule has 0 radical (unpaired) electrons. The van der Waals surface area contributed by atoms with Gasteiger partial charge in [0.05, 0.1) is 5.16 Å². The van der Waals surface area contributed by atoms with Gasteiger partial charge in [-0.05, 0) is 61.1 Å². The summed E-state index contributed by atoms with van der Waals surface area (Å²) in [5, 5.41) is 1.99. The number of aryl methyl sites for hydroxylation is 1. The maximum Gasteiger partial charge on any atom is 0.153 e. The van der Waals surface area contributed by atoms with E-state index in [1.165, 1.54) is 28.3 Å². The molecule has 1 aromatic carbocycles. The highest BCUT2D eigenvalue weighted by atomic mass is 32.1. The molecule has 0 saturated carbocycles. The molecule has 1 nitrogen and oxygen atoms in total. The Bertz CT molecular complexity index is 865. The van der Waals surface area contributed by atoms with Crippen LogP contribution in [0, 0.1) is 18.6 Å². The number of rotatable bonds is 3. The van der Waals surface area contributed by atoms with Gasteiger partial charge in [0.1, 0.15) is 5.69 Å².